The predicted molar refractivity (Wildman–Crippen MR) is 122 cm³/mol. The minimum Gasteiger partial charge on any atom is -0.489 e. The van der Waals surface area contributed by atoms with E-state index in [1.54, 1.807) is 36.4 Å². The maximum absolute atomic E-state index is 12.7. The van der Waals surface area contributed by atoms with E-state index in [2.05, 4.69) is 26.0 Å². The first-order valence-corrected chi connectivity index (χ1v) is 10.4. The van der Waals surface area contributed by atoms with Crippen molar-refractivity contribution in [1.29, 1.82) is 0 Å². The summed E-state index contributed by atoms with van der Waals surface area (Å²) in [6, 6.07) is 20.3. The Morgan fingerprint density at radius 2 is 1.72 bits per heavy atom. The van der Waals surface area contributed by atoms with Crippen molar-refractivity contribution in [2.45, 2.75) is 26.4 Å². The Kier molecular flexibility index (Phi) is 6.08. The first-order chi connectivity index (χ1) is 15.4. The van der Waals surface area contributed by atoms with Crippen LogP contribution in [0.4, 0.5) is 0 Å². The molecular weight excluding hydrogens is 404 g/mol. The lowest BCUT2D eigenvalue weighted by Crippen LogP contribution is -2.02. The van der Waals surface area contributed by atoms with E-state index in [1.807, 2.05) is 24.3 Å². The Hall–Kier alpha value is -3.86. The largest absolute Gasteiger partial charge is 0.489 e. The molecule has 0 amide bonds. The van der Waals surface area contributed by atoms with Gasteiger partial charge in [-0.15, -0.1) is 0 Å². The van der Waals surface area contributed by atoms with Crippen LogP contribution in [0.25, 0.3) is 6.08 Å². The van der Waals surface area contributed by atoms with Gasteiger partial charge in [-0.05, 0) is 52.9 Å². The smallest absolute Gasteiger partial charge is 0.337 e. The van der Waals surface area contributed by atoms with Crippen LogP contribution in [0, 0.1) is 0 Å². The van der Waals surface area contributed by atoms with Gasteiger partial charge >= 0.3 is 5.97 Å². The van der Waals surface area contributed by atoms with E-state index in [1.165, 1.54) is 12.7 Å². The van der Waals surface area contributed by atoms with Crippen molar-refractivity contribution in [1.82, 2.24) is 0 Å². The van der Waals surface area contributed by atoms with Crippen molar-refractivity contribution in [2.75, 3.05) is 7.11 Å². The summed E-state index contributed by atoms with van der Waals surface area (Å²) in [6.07, 6.45) is 1.76. The lowest BCUT2D eigenvalue weighted by molar-refractivity contribution is 0.0600. The first kappa shape index (κ1) is 21.4. The number of hydrogen-bond donors (Lipinski definition) is 0. The predicted octanol–water partition coefficient (Wildman–Crippen LogP) is 5.79. The molecule has 3 aromatic carbocycles. The van der Waals surface area contributed by atoms with Crippen molar-refractivity contribution in [3.63, 3.8) is 0 Å². The van der Waals surface area contributed by atoms with Crippen molar-refractivity contribution in [2.24, 2.45) is 0 Å². The Bertz CT molecular complexity index is 1170. The summed E-state index contributed by atoms with van der Waals surface area (Å²) in [7, 11) is 1.35. The summed E-state index contributed by atoms with van der Waals surface area (Å²) >= 11 is 0. The standard InChI is InChI=1S/C27H24O5/c1-17(2)20-8-4-18(5-9-20)14-25-26(28)23-13-12-22(15-24(23)32-25)31-16-19-6-10-21(11-7-19)27(29)30-3/h4-15,17H,16H2,1-3H3. The van der Waals surface area contributed by atoms with Crippen LogP contribution in [0.5, 0.6) is 11.5 Å². The van der Waals surface area contributed by atoms with Crippen LogP contribution in [0.15, 0.2) is 72.5 Å². The van der Waals surface area contributed by atoms with Gasteiger partial charge in [0.25, 0.3) is 0 Å². The minimum atomic E-state index is -0.377. The maximum atomic E-state index is 12.7. The Balaban J connectivity index is 1.44. The van der Waals surface area contributed by atoms with Crippen molar-refractivity contribution < 1.29 is 23.8 Å². The molecule has 0 radical (unpaired) electrons. The number of Topliss-reactive ketones (excluding diaryl/α,β-unsaturated/α-hetero) is 1. The van der Waals surface area contributed by atoms with Crippen LogP contribution >= 0.6 is 0 Å². The topological polar surface area (TPSA) is 61.8 Å². The lowest BCUT2D eigenvalue weighted by atomic mass is 10.0. The second-order valence-corrected chi connectivity index (χ2v) is 7.90. The van der Waals surface area contributed by atoms with E-state index < -0.39 is 0 Å². The van der Waals surface area contributed by atoms with Crippen LogP contribution in [0.3, 0.4) is 0 Å². The molecule has 4 rings (SSSR count). The second-order valence-electron chi connectivity index (χ2n) is 7.90. The maximum Gasteiger partial charge on any atom is 0.337 e. The molecule has 0 N–H and O–H groups in total. The number of rotatable bonds is 6. The molecule has 0 aromatic heterocycles. The molecule has 32 heavy (non-hydrogen) atoms. The average Bonchev–Trinajstić information content (AvgIpc) is 3.12. The minimum absolute atomic E-state index is 0.141. The molecule has 5 nitrogen and oxygen atoms in total. The van der Waals surface area contributed by atoms with E-state index in [0.29, 0.717) is 40.9 Å². The SMILES string of the molecule is COC(=O)c1ccc(COc2ccc3c(c2)OC(=Cc2ccc(C(C)C)cc2)C3=O)cc1. The fraction of sp³-hybridized carbons (Fsp3) is 0.185. The van der Waals surface area contributed by atoms with Gasteiger partial charge in [0.15, 0.2) is 5.76 Å². The molecule has 0 unspecified atom stereocenters. The van der Waals surface area contributed by atoms with E-state index in [0.717, 1.165) is 11.1 Å². The van der Waals surface area contributed by atoms with Gasteiger partial charge in [-0.25, -0.2) is 4.79 Å². The molecule has 0 bridgehead atoms. The molecule has 1 aliphatic heterocycles. The van der Waals surface area contributed by atoms with Crippen molar-refractivity contribution >= 4 is 17.8 Å². The fourth-order valence-electron chi connectivity index (χ4n) is 3.41. The van der Waals surface area contributed by atoms with Crippen molar-refractivity contribution in [3.8, 4) is 11.5 Å². The van der Waals surface area contributed by atoms with Gasteiger partial charge in [-0.1, -0.05) is 50.2 Å². The molecule has 0 saturated carbocycles. The summed E-state index contributed by atoms with van der Waals surface area (Å²) in [5, 5.41) is 0. The number of ether oxygens (including phenoxy) is 3. The third-order valence-electron chi connectivity index (χ3n) is 5.32. The highest BCUT2D eigenvalue weighted by Crippen LogP contribution is 2.35. The zero-order chi connectivity index (χ0) is 22.7. The van der Waals surface area contributed by atoms with Gasteiger partial charge in [0.05, 0.1) is 18.2 Å². The van der Waals surface area contributed by atoms with E-state index >= 15 is 0 Å². The molecule has 162 valence electrons. The number of carbonyl (C=O) groups excluding carboxylic acids is 2. The van der Waals surface area contributed by atoms with Gasteiger partial charge in [0.2, 0.25) is 5.78 Å². The number of ketones is 1. The quantitative estimate of drug-likeness (QED) is 0.367. The van der Waals surface area contributed by atoms with Crippen LogP contribution in [0.2, 0.25) is 0 Å². The van der Waals surface area contributed by atoms with Crippen LogP contribution in [-0.4, -0.2) is 18.9 Å². The summed E-state index contributed by atoms with van der Waals surface area (Å²) in [5.41, 5.74) is 4.07. The highest BCUT2D eigenvalue weighted by Gasteiger charge is 2.27. The van der Waals surface area contributed by atoms with E-state index in [9.17, 15) is 9.59 Å². The Morgan fingerprint density at radius 3 is 2.38 bits per heavy atom. The zero-order valence-electron chi connectivity index (χ0n) is 18.3. The molecule has 3 aromatic rings. The third-order valence-corrected chi connectivity index (χ3v) is 5.32. The molecule has 5 heteroatoms. The first-order valence-electron chi connectivity index (χ1n) is 10.4. The van der Waals surface area contributed by atoms with Gasteiger partial charge < -0.3 is 14.2 Å². The van der Waals surface area contributed by atoms with Gasteiger partial charge in [-0.3, -0.25) is 4.79 Å². The van der Waals surface area contributed by atoms with Crippen LogP contribution in [0.1, 0.15) is 57.2 Å². The molecule has 0 spiro atoms. The number of fused-ring (bicyclic) bond motifs is 1. The molecule has 0 saturated heterocycles. The number of allylic oxidation sites excluding steroid dienone is 1. The van der Waals surface area contributed by atoms with Gasteiger partial charge in [0.1, 0.15) is 18.1 Å². The molecule has 0 fully saturated rings. The lowest BCUT2D eigenvalue weighted by Gasteiger charge is -2.08. The fourth-order valence-corrected chi connectivity index (χ4v) is 3.41. The van der Waals surface area contributed by atoms with E-state index in [4.69, 9.17) is 14.2 Å². The van der Waals surface area contributed by atoms with Crippen LogP contribution in [-0.2, 0) is 11.3 Å². The summed E-state index contributed by atoms with van der Waals surface area (Å²) in [5.74, 6) is 1.31. The molecular formula is C27H24O5. The summed E-state index contributed by atoms with van der Waals surface area (Å²) in [6.45, 7) is 4.61. The zero-order valence-corrected chi connectivity index (χ0v) is 18.3. The highest BCUT2D eigenvalue weighted by molar-refractivity contribution is 6.14. The number of esters is 1. The second kappa shape index (κ2) is 9.10. The Morgan fingerprint density at radius 1 is 1.00 bits per heavy atom. The monoisotopic (exact) mass is 428 g/mol. The molecule has 1 aliphatic rings. The Labute approximate surface area is 187 Å². The summed E-state index contributed by atoms with van der Waals surface area (Å²) in [4.78, 5) is 24.2. The number of carbonyl (C=O) groups is 2. The van der Waals surface area contributed by atoms with Crippen molar-refractivity contribution in [3.05, 3.63) is 100 Å². The number of benzene rings is 3. The van der Waals surface area contributed by atoms with Crippen LogP contribution < -0.4 is 9.47 Å². The van der Waals surface area contributed by atoms with Gasteiger partial charge in [0, 0.05) is 6.07 Å². The molecule has 0 atom stereocenters. The number of hydrogen-bond acceptors (Lipinski definition) is 5. The van der Waals surface area contributed by atoms with Gasteiger partial charge in [-0.2, -0.15) is 0 Å². The average molecular weight is 428 g/mol. The highest BCUT2D eigenvalue weighted by atomic mass is 16.5. The van der Waals surface area contributed by atoms with E-state index in [-0.39, 0.29) is 11.8 Å². The third kappa shape index (κ3) is 4.57. The summed E-state index contributed by atoms with van der Waals surface area (Å²) < 4.78 is 16.4. The molecule has 1 heterocycles. The number of methoxy groups -OCH3 is 1. The molecule has 0 aliphatic carbocycles. The normalized spacial score (nSPS) is 13.8.